The minimum Gasteiger partial charge on any atom is -0.312 e. The number of likely N-dealkylation sites (N-methyl/N-ethyl adjacent to an activating group) is 1. The molecular weight excluding hydrogens is 184 g/mol. The van der Waals surface area contributed by atoms with Crippen molar-refractivity contribution in [3.63, 3.8) is 0 Å². The molecule has 1 N–H and O–H groups in total. The van der Waals surface area contributed by atoms with Gasteiger partial charge in [-0.05, 0) is 45.8 Å². The van der Waals surface area contributed by atoms with Gasteiger partial charge in [0.15, 0.2) is 0 Å². The van der Waals surface area contributed by atoms with Crippen LogP contribution in [0.4, 0.5) is 0 Å². The zero-order valence-corrected chi connectivity index (χ0v) is 10.8. The molecule has 2 unspecified atom stereocenters. The highest BCUT2D eigenvalue weighted by atomic mass is 15.2. The summed E-state index contributed by atoms with van der Waals surface area (Å²) in [6, 6.07) is 1.55. The number of rotatable bonds is 7. The smallest absolute Gasteiger partial charge is 0.0246 e. The number of unbranched alkanes of at least 4 members (excludes halogenated alkanes) is 1. The molecule has 0 spiro atoms. The van der Waals surface area contributed by atoms with Crippen LogP contribution in [0, 0.1) is 0 Å². The summed E-state index contributed by atoms with van der Waals surface area (Å²) < 4.78 is 0. The van der Waals surface area contributed by atoms with Crippen LogP contribution in [-0.2, 0) is 0 Å². The van der Waals surface area contributed by atoms with Crippen LogP contribution in [0.25, 0.3) is 0 Å². The standard InChI is InChI=1S/C13H28N2/c1-4-6-11-15(3)13-9-7-8-12(13)14-10-5-2/h12-14H,4-11H2,1-3H3. The van der Waals surface area contributed by atoms with E-state index in [0.29, 0.717) is 0 Å². The molecule has 1 aliphatic rings. The molecule has 1 fully saturated rings. The van der Waals surface area contributed by atoms with Crippen molar-refractivity contribution >= 4 is 0 Å². The van der Waals surface area contributed by atoms with Crippen LogP contribution in [0.1, 0.15) is 52.4 Å². The highest BCUT2D eigenvalue weighted by molar-refractivity contribution is 4.89. The van der Waals surface area contributed by atoms with E-state index < -0.39 is 0 Å². The van der Waals surface area contributed by atoms with E-state index in [9.17, 15) is 0 Å². The largest absolute Gasteiger partial charge is 0.312 e. The zero-order valence-electron chi connectivity index (χ0n) is 10.8. The van der Waals surface area contributed by atoms with Gasteiger partial charge in [-0.15, -0.1) is 0 Å². The summed E-state index contributed by atoms with van der Waals surface area (Å²) in [6.45, 7) is 6.97. The van der Waals surface area contributed by atoms with Gasteiger partial charge in [0.25, 0.3) is 0 Å². The summed E-state index contributed by atoms with van der Waals surface area (Å²) in [7, 11) is 2.30. The van der Waals surface area contributed by atoms with Gasteiger partial charge < -0.3 is 10.2 Å². The molecule has 0 saturated heterocycles. The van der Waals surface area contributed by atoms with Gasteiger partial charge in [-0.2, -0.15) is 0 Å². The summed E-state index contributed by atoms with van der Waals surface area (Å²) in [6.07, 6.45) is 8.07. The Balaban J connectivity index is 2.30. The lowest BCUT2D eigenvalue weighted by Crippen LogP contribution is -2.45. The predicted octanol–water partition coefficient (Wildman–Crippen LogP) is 2.64. The van der Waals surface area contributed by atoms with Gasteiger partial charge in [0, 0.05) is 12.1 Å². The molecule has 15 heavy (non-hydrogen) atoms. The van der Waals surface area contributed by atoms with E-state index in [0.717, 1.165) is 12.1 Å². The van der Waals surface area contributed by atoms with Crippen LogP contribution in [-0.4, -0.2) is 37.1 Å². The van der Waals surface area contributed by atoms with Crippen LogP contribution in [0.3, 0.4) is 0 Å². The molecular formula is C13H28N2. The minimum atomic E-state index is 0.756. The summed E-state index contributed by atoms with van der Waals surface area (Å²) in [5.41, 5.74) is 0. The van der Waals surface area contributed by atoms with Gasteiger partial charge >= 0.3 is 0 Å². The lowest BCUT2D eigenvalue weighted by atomic mass is 10.1. The van der Waals surface area contributed by atoms with E-state index in [1.807, 2.05) is 0 Å². The van der Waals surface area contributed by atoms with E-state index in [2.05, 4.69) is 31.1 Å². The Morgan fingerprint density at radius 1 is 1.20 bits per heavy atom. The molecule has 0 aromatic rings. The first kappa shape index (κ1) is 13.0. The molecule has 90 valence electrons. The maximum absolute atomic E-state index is 3.70. The number of nitrogens with zero attached hydrogens (tertiary/aromatic N) is 1. The second kappa shape index (κ2) is 7.24. The Hall–Kier alpha value is -0.0800. The normalized spacial score (nSPS) is 26.4. The number of hydrogen-bond donors (Lipinski definition) is 1. The highest BCUT2D eigenvalue weighted by Gasteiger charge is 2.29. The molecule has 0 amide bonds. The van der Waals surface area contributed by atoms with Gasteiger partial charge in [0.2, 0.25) is 0 Å². The Morgan fingerprint density at radius 3 is 2.67 bits per heavy atom. The van der Waals surface area contributed by atoms with Crippen LogP contribution in [0.15, 0.2) is 0 Å². The third-order valence-electron chi connectivity index (χ3n) is 3.57. The molecule has 1 aliphatic carbocycles. The molecule has 0 aromatic carbocycles. The van der Waals surface area contributed by atoms with E-state index >= 15 is 0 Å². The van der Waals surface area contributed by atoms with E-state index in [-0.39, 0.29) is 0 Å². The molecule has 1 rings (SSSR count). The quantitative estimate of drug-likeness (QED) is 0.698. The van der Waals surface area contributed by atoms with Gasteiger partial charge in [0.1, 0.15) is 0 Å². The average Bonchev–Trinajstić information content (AvgIpc) is 2.71. The van der Waals surface area contributed by atoms with Crippen LogP contribution in [0.5, 0.6) is 0 Å². The molecule has 0 heterocycles. The maximum atomic E-state index is 3.70. The van der Waals surface area contributed by atoms with Gasteiger partial charge in [0.05, 0.1) is 0 Å². The molecule has 0 bridgehead atoms. The summed E-state index contributed by atoms with van der Waals surface area (Å²) in [5, 5.41) is 3.70. The fourth-order valence-electron chi connectivity index (χ4n) is 2.61. The fraction of sp³-hybridized carbons (Fsp3) is 1.00. The van der Waals surface area contributed by atoms with Crippen LogP contribution in [0.2, 0.25) is 0 Å². The van der Waals surface area contributed by atoms with Crippen molar-refractivity contribution in [2.45, 2.75) is 64.5 Å². The first-order chi connectivity index (χ1) is 7.29. The molecule has 2 atom stereocenters. The van der Waals surface area contributed by atoms with Crippen molar-refractivity contribution in [1.82, 2.24) is 10.2 Å². The minimum absolute atomic E-state index is 0.756. The van der Waals surface area contributed by atoms with E-state index in [1.165, 1.54) is 51.6 Å². The van der Waals surface area contributed by atoms with Crippen molar-refractivity contribution in [2.75, 3.05) is 20.1 Å². The average molecular weight is 212 g/mol. The third-order valence-corrected chi connectivity index (χ3v) is 3.57. The summed E-state index contributed by atoms with van der Waals surface area (Å²) in [4.78, 5) is 2.57. The lowest BCUT2D eigenvalue weighted by Gasteiger charge is -2.30. The highest BCUT2D eigenvalue weighted by Crippen LogP contribution is 2.23. The third kappa shape index (κ3) is 4.12. The summed E-state index contributed by atoms with van der Waals surface area (Å²) >= 11 is 0. The molecule has 0 aliphatic heterocycles. The van der Waals surface area contributed by atoms with Crippen LogP contribution >= 0.6 is 0 Å². The van der Waals surface area contributed by atoms with Gasteiger partial charge in [-0.1, -0.05) is 26.7 Å². The Labute approximate surface area is 95.4 Å². The monoisotopic (exact) mass is 212 g/mol. The SMILES string of the molecule is CCCCN(C)C1CCCC1NCCC. The Bertz CT molecular complexity index is 159. The van der Waals surface area contributed by atoms with Crippen LogP contribution < -0.4 is 5.32 Å². The number of hydrogen-bond acceptors (Lipinski definition) is 2. The predicted molar refractivity (Wildman–Crippen MR) is 67.3 cm³/mol. The topological polar surface area (TPSA) is 15.3 Å². The van der Waals surface area contributed by atoms with Crippen molar-refractivity contribution in [2.24, 2.45) is 0 Å². The summed E-state index contributed by atoms with van der Waals surface area (Å²) in [5.74, 6) is 0. The molecule has 0 aromatic heterocycles. The first-order valence-electron chi connectivity index (χ1n) is 6.73. The van der Waals surface area contributed by atoms with Gasteiger partial charge in [-0.25, -0.2) is 0 Å². The molecule has 0 radical (unpaired) electrons. The van der Waals surface area contributed by atoms with Crippen molar-refractivity contribution in [3.8, 4) is 0 Å². The second-order valence-corrected chi connectivity index (χ2v) is 4.89. The van der Waals surface area contributed by atoms with Crippen molar-refractivity contribution < 1.29 is 0 Å². The molecule has 1 saturated carbocycles. The molecule has 2 heteroatoms. The fourth-order valence-corrected chi connectivity index (χ4v) is 2.61. The van der Waals surface area contributed by atoms with E-state index in [1.54, 1.807) is 0 Å². The molecule has 2 nitrogen and oxygen atoms in total. The Morgan fingerprint density at radius 2 is 2.00 bits per heavy atom. The van der Waals surface area contributed by atoms with Crippen molar-refractivity contribution in [1.29, 1.82) is 0 Å². The zero-order chi connectivity index (χ0) is 11.1. The van der Waals surface area contributed by atoms with E-state index in [4.69, 9.17) is 0 Å². The lowest BCUT2D eigenvalue weighted by molar-refractivity contribution is 0.209. The first-order valence-corrected chi connectivity index (χ1v) is 6.73. The number of nitrogens with one attached hydrogen (secondary N) is 1. The Kier molecular flexibility index (Phi) is 6.26. The van der Waals surface area contributed by atoms with Crippen molar-refractivity contribution in [3.05, 3.63) is 0 Å². The van der Waals surface area contributed by atoms with Gasteiger partial charge in [-0.3, -0.25) is 0 Å². The second-order valence-electron chi connectivity index (χ2n) is 4.89. The maximum Gasteiger partial charge on any atom is 0.0246 e.